The Morgan fingerprint density at radius 2 is 2.65 bits per heavy atom. The van der Waals surface area contributed by atoms with Gasteiger partial charge in [-0.15, -0.1) is 0 Å². The maximum atomic E-state index is 11.6. The predicted molar refractivity (Wildman–Crippen MR) is 60.6 cm³/mol. The van der Waals surface area contributed by atoms with Crippen LogP contribution in [0.2, 0.25) is 0 Å². The van der Waals surface area contributed by atoms with Gasteiger partial charge in [0.2, 0.25) is 0 Å². The van der Waals surface area contributed by atoms with Crippen LogP contribution >= 0.6 is 0 Å². The molecule has 1 unspecified atom stereocenters. The summed E-state index contributed by atoms with van der Waals surface area (Å²) in [4.78, 5) is 13.9. The highest BCUT2D eigenvalue weighted by molar-refractivity contribution is 5.91. The number of ether oxygens (including phenoxy) is 1. The van der Waals surface area contributed by atoms with E-state index in [0.29, 0.717) is 12.2 Å². The number of aromatic amines is 1. The topological polar surface area (TPSA) is 83.1 Å². The summed E-state index contributed by atoms with van der Waals surface area (Å²) in [6.07, 6.45) is 1.45. The highest BCUT2D eigenvalue weighted by Crippen LogP contribution is 2.03. The first-order valence-electron chi connectivity index (χ1n) is 5.77. The molecule has 2 rings (SSSR count). The van der Waals surface area contributed by atoms with Gasteiger partial charge in [0, 0.05) is 19.6 Å². The lowest BCUT2D eigenvalue weighted by Crippen LogP contribution is -2.47. The normalized spacial score (nSPS) is 21.4. The average Bonchev–Trinajstić information content (AvgIpc) is 2.90. The molecule has 17 heavy (non-hydrogen) atoms. The molecule has 1 amide bonds. The first-order chi connectivity index (χ1) is 8.29. The summed E-state index contributed by atoms with van der Waals surface area (Å²) in [7, 11) is 0. The summed E-state index contributed by atoms with van der Waals surface area (Å²) < 4.78 is 5.58. The van der Waals surface area contributed by atoms with Crippen LogP contribution in [0.3, 0.4) is 0 Å². The van der Waals surface area contributed by atoms with Crippen LogP contribution in [-0.2, 0) is 4.74 Å². The molecule has 0 aromatic carbocycles. The molecule has 1 aliphatic heterocycles. The molecule has 1 fully saturated rings. The van der Waals surface area contributed by atoms with E-state index in [0.717, 1.165) is 26.2 Å². The van der Waals surface area contributed by atoms with Crippen molar-refractivity contribution in [2.45, 2.75) is 13.0 Å². The molecule has 0 aliphatic carbocycles. The van der Waals surface area contributed by atoms with Crippen molar-refractivity contribution < 1.29 is 9.53 Å². The zero-order chi connectivity index (χ0) is 12.1. The molecule has 7 nitrogen and oxygen atoms in total. The Labute approximate surface area is 99.5 Å². The Hall–Kier alpha value is -1.47. The second kappa shape index (κ2) is 5.74. The minimum atomic E-state index is -0.226. The van der Waals surface area contributed by atoms with Crippen LogP contribution in [0, 0.1) is 0 Å². The first kappa shape index (κ1) is 12.0. The van der Waals surface area contributed by atoms with Crippen molar-refractivity contribution in [2.24, 2.45) is 0 Å². The summed E-state index contributed by atoms with van der Waals surface area (Å²) in [5.41, 5.74) is 0.299. The van der Waals surface area contributed by atoms with E-state index in [9.17, 15) is 4.79 Å². The molecule has 2 heterocycles. The lowest BCUT2D eigenvalue weighted by molar-refractivity contribution is -0.0246. The molecule has 1 saturated heterocycles. The fourth-order valence-electron chi connectivity index (χ4n) is 1.80. The van der Waals surface area contributed by atoms with Crippen LogP contribution in [-0.4, -0.2) is 65.1 Å². The van der Waals surface area contributed by atoms with Gasteiger partial charge in [0.1, 0.15) is 0 Å². The van der Waals surface area contributed by atoms with E-state index in [-0.39, 0.29) is 12.0 Å². The Balaban J connectivity index is 1.76. The van der Waals surface area contributed by atoms with Crippen molar-refractivity contribution >= 4 is 5.91 Å². The number of hydrogen-bond donors (Lipinski definition) is 2. The predicted octanol–water partition coefficient (Wildman–Crippen LogP) is -0.745. The molecule has 1 aromatic rings. The third-order valence-corrected chi connectivity index (χ3v) is 2.81. The second-order valence-corrected chi connectivity index (χ2v) is 3.95. The minimum Gasteiger partial charge on any atom is -0.374 e. The minimum absolute atomic E-state index is 0.0551. The van der Waals surface area contributed by atoms with E-state index < -0.39 is 0 Å². The molecule has 1 aromatic heterocycles. The van der Waals surface area contributed by atoms with E-state index in [1.165, 1.54) is 6.20 Å². The van der Waals surface area contributed by atoms with E-state index >= 15 is 0 Å². The van der Waals surface area contributed by atoms with Crippen LogP contribution in [0.15, 0.2) is 6.20 Å². The highest BCUT2D eigenvalue weighted by Gasteiger charge is 2.20. The highest BCUT2D eigenvalue weighted by atomic mass is 16.5. The molecule has 94 valence electrons. The number of nitrogens with one attached hydrogen (secondary N) is 2. The lowest BCUT2D eigenvalue weighted by Gasteiger charge is -2.32. The molecule has 1 aliphatic rings. The van der Waals surface area contributed by atoms with Crippen LogP contribution in [0.4, 0.5) is 0 Å². The van der Waals surface area contributed by atoms with E-state index in [4.69, 9.17) is 4.74 Å². The molecule has 7 heteroatoms. The Kier molecular flexibility index (Phi) is 4.05. The number of aromatic nitrogens is 3. The van der Waals surface area contributed by atoms with Gasteiger partial charge in [0.15, 0.2) is 5.69 Å². The number of H-pyrrole nitrogens is 1. The zero-order valence-corrected chi connectivity index (χ0v) is 9.85. The molecule has 0 spiro atoms. The number of amides is 1. The molecule has 0 radical (unpaired) electrons. The van der Waals surface area contributed by atoms with Gasteiger partial charge in [0.25, 0.3) is 5.91 Å². The monoisotopic (exact) mass is 239 g/mol. The maximum Gasteiger partial charge on any atom is 0.273 e. The van der Waals surface area contributed by atoms with Gasteiger partial charge in [-0.1, -0.05) is 6.92 Å². The third-order valence-electron chi connectivity index (χ3n) is 2.81. The van der Waals surface area contributed by atoms with E-state index in [1.54, 1.807) is 0 Å². The van der Waals surface area contributed by atoms with E-state index in [2.05, 4.69) is 32.6 Å². The second-order valence-electron chi connectivity index (χ2n) is 3.95. The van der Waals surface area contributed by atoms with Gasteiger partial charge in [-0.25, -0.2) is 0 Å². The molecule has 0 bridgehead atoms. The van der Waals surface area contributed by atoms with E-state index in [1.807, 2.05) is 0 Å². The number of carbonyl (C=O) groups excluding carboxylic acids is 1. The number of rotatable bonds is 4. The number of morpholine rings is 1. The van der Waals surface area contributed by atoms with Crippen LogP contribution < -0.4 is 5.32 Å². The van der Waals surface area contributed by atoms with Gasteiger partial charge in [-0.2, -0.15) is 15.4 Å². The summed E-state index contributed by atoms with van der Waals surface area (Å²) in [6.45, 7) is 6.17. The van der Waals surface area contributed by atoms with Gasteiger partial charge in [-0.3, -0.25) is 9.69 Å². The van der Waals surface area contributed by atoms with Crippen molar-refractivity contribution in [3.05, 3.63) is 11.9 Å². The Bertz CT molecular complexity index is 354. The molecule has 0 saturated carbocycles. The van der Waals surface area contributed by atoms with Gasteiger partial charge >= 0.3 is 0 Å². The smallest absolute Gasteiger partial charge is 0.273 e. The fraction of sp³-hybridized carbons (Fsp3) is 0.700. The van der Waals surface area contributed by atoms with Crippen LogP contribution in [0.25, 0.3) is 0 Å². The molecular formula is C10H17N5O2. The molecule has 2 N–H and O–H groups in total. The quantitative estimate of drug-likeness (QED) is 0.722. The summed E-state index contributed by atoms with van der Waals surface area (Å²) in [5.74, 6) is -0.226. The standard InChI is InChI=1S/C10H17N5O2/c1-2-15-3-4-17-8(7-15)5-11-10(16)9-6-12-14-13-9/h6,8H,2-5,7H2,1H3,(H,11,16)(H,12,13,14). The van der Waals surface area contributed by atoms with Crippen LogP contribution in [0.1, 0.15) is 17.4 Å². The van der Waals surface area contributed by atoms with Gasteiger partial charge in [-0.05, 0) is 6.54 Å². The molecule has 1 atom stereocenters. The lowest BCUT2D eigenvalue weighted by atomic mass is 10.2. The number of hydrogen-bond acceptors (Lipinski definition) is 5. The number of carbonyl (C=O) groups is 1. The number of nitrogens with zero attached hydrogens (tertiary/aromatic N) is 3. The number of likely N-dealkylation sites (N-methyl/N-ethyl adjacent to an activating group) is 1. The van der Waals surface area contributed by atoms with Crippen molar-refractivity contribution in [2.75, 3.05) is 32.8 Å². The van der Waals surface area contributed by atoms with Crippen molar-refractivity contribution in [1.82, 2.24) is 25.6 Å². The fourth-order valence-corrected chi connectivity index (χ4v) is 1.80. The third kappa shape index (κ3) is 3.24. The summed E-state index contributed by atoms with van der Waals surface area (Å²) >= 11 is 0. The van der Waals surface area contributed by atoms with Gasteiger partial charge in [0.05, 0.1) is 18.9 Å². The Morgan fingerprint density at radius 3 is 3.35 bits per heavy atom. The SMILES string of the molecule is CCN1CCOC(CNC(=O)c2cn[nH]n2)C1. The van der Waals surface area contributed by atoms with Gasteiger partial charge < -0.3 is 10.1 Å². The first-order valence-corrected chi connectivity index (χ1v) is 5.77. The summed E-state index contributed by atoms with van der Waals surface area (Å²) in [6, 6.07) is 0. The zero-order valence-electron chi connectivity index (χ0n) is 9.85. The largest absolute Gasteiger partial charge is 0.374 e. The Morgan fingerprint density at radius 1 is 1.76 bits per heavy atom. The maximum absolute atomic E-state index is 11.6. The van der Waals surface area contributed by atoms with Crippen molar-refractivity contribution in [3.63, 3.8) is 0 Å². The van der Waals surface area contributed by atoms with Crippen molar-refractivity contribution in [3.8, 4) is 0 Å². The van der Waals surface area contributed by atoms with Crippen molar-refractivity contribution in [1.29, 1.82) is 0 Å². The molecular weight excluding hydrogens is 222 g/mol. The van der Waals surface area contributed by atoms with Crippen LogP contribution in [0.5, 0.6) is 0 Å². The average molecular weight is 239 g/mol. The summed E-state index contributed by atoms with van der Waals surface area (Å²) in [5, 5.41) is 12.5.